The number of benzene rings is 9. The summed E-state index contributed by atoms with van der Waals surface area (Å²) in [7, 11) is 0. The van der Waals surface area contributed by atoms with Crippen LogP contribution in [0.25, 0.3) is 93.6 Å². The van der Waals surface area contributed by atoms with Crippen LogP contribution in [0, 0.1) is 0 Å². The third-order valence-corrected chi connectivity index (χ3v) is 13.9. The molecule has 300 valence electrons. The lowest BCUT2D eigenvalue weighted by molar-refractivity contribution is 0.745. The second-order valence-electron chi connectivity index (χ2n) is 17.2. The average molecular weight is 817 g/mol. The zero-order chi connectivity index (χ0) is 41.9. The van der Waals surface area contributed by atoms with Gasteiger partial charge in [-0.2, -0.15) is 0 Å². The first-order valence-electron chi connectivity index (χ1n) is 22.3. The fraction of sp³-hybridized carbons (Fsp3) is 0.0333. The van der Waals surface area contributed by atoms with E-state index in [1.807, 2.05) is 0 Å². The van der Waals surface area contributed by atoms with Gasteiger partial charge >= 0.3 is 0 Å². The van der Waals surface area contributed by atoms with Crippen LogP contribution >= 0.6 is 0 Å². The molecule has 64 heavy (non-hydrogen) atoms. The molecule has 0 N–H and O–H groups in total. The van der Waals surface area contributed by atoms with Crippen molar-refractivity contribution in [3.05, 3.63) is 236 Å². The Labute approximate surface area is 370 Å². The Morgan fingerprint density at radius 1 is 0.312 bits per heavy atom. The van der Waals surface area contributed by atoms with Gasteiger partial charge in [-0.05, 0) is 89.5 Å². The third-order valence-electron chi connectivity index (χ3n) is 13.9. The molecule has 14 rings (SSSR count). The van der Waals surface area contributed by atoms with E-state index in [0.29, 0.717) is 0 Å². The number of anilines is 2. The fourth-order valence-electron chi connectivity index (χ4n) is 11.3. The van der Waals surface area contributed by atoms with Crippen LogP contribution in [0.3, 0.4) is 0 Å². The van der Waals surface area contributed by atoms with Gasteiger partial charge in [-0.25, -0.2) is 0 Å². The molecule has 1 aliphatic heterocycles. The number of nitrogens with zero attached hydrogens (tertiary/aromatic N) is 4. The van der Waals surface area contributed by atoms with Crippen molar-refractivity contribution in [2.45, 2.75) is 12.0 Å². The van der Waals surface area contributed by atoms with E-state index >= 15 is 0 Å². The van der Waals surface area contributed by atoms with E-state index in [1.54, 1.807) is 0 Å². The quantitative estimate of drug-likeness (QED) is 0.169. The SMILES string of the molecule is C1=CC2c3ccc4c5ccccc5n(-c5ccccc5)c4c3N(c3ccc(-c4ccc(-n5c6ccccc6c6ccc7c(c8ccccc8n7-c7ccccc7)c65)cc4)cc3)C2C=C1. The molecule has 9 aromatic carbocycles. The van der Waals surface area contributed by atoms with E-state index < -0.39 is 0 Å². The van der Waals surface area contributed by atoms with Crippen LogP contribution in [0.1, 0.15) is 11.5 Å². The van der Waals surface area contributed by atoms with Gasteiger partial charge in [-0.3, -0.25) is 0 Å². The maximum absolute atomic E-state index is 2.59. The van der Waals surface area contributed by atoms with Gasteiger partial charge < -0.3 is 18.6 Å². The Bertz CT molecular complexity index is 3880. The van der Waals surface area contributed by atoms with Crippen LogP contribution in [0.5, 0.6) is 0 Å². The first-order chi connectivity index (χ1) is 31.8. The summed E-state index contributed by atoms with van der Waals surface area (Å²) >= 11 is 0. The Hall–Kier alpha value is -8.34. The highest BCUT2D eigenvalue weighted by Crippen LogP contribution is 2.53. The van der Waals surface area contributed by atoms with E-state index in [2.05, 4.69) is 249 Å². The molecule has 2 unspecified atom stereocenters. The molecule has 0 fully saturated rings. The normalized spacial score (nSPS) is 15.7. The molecule has 2 aliphatic rings. The van der Waals surface area contributed by atoms with Gasteiger partial charge in [-0.1, -0.05) is 158 Å². The smallest absolute Gasteiger partial charge is 0.0782 e. The molecule has 4 heteroatoms. The van der Waals surface area contributed by atoms with Gasteiger partial charge in [0.15, 0.2) is 0 Å². The predicted molar refractivity (Wildman–Crippen MR) is 268 cm³/mol. The zero-order valence-electron chi connectivity index (χ0n) is 34.9. The molecular weight excluding hydrogens is 777 g/mol. The minimum Gasteiger partial charge on any atom is -0.332 e. The summed E-state index contributed by atoms with van der Waals surface area (Å²) in [4.78, 5) is 2.59. The first kappa shape index (κ1) is 35.3. The average Bonchev–Trinajstić information content (AvgIpc) is 4.10. The first-order valence-corrected chi connectivity index (χ1v) is 22.3. The number of allylic oxidation sites excluding steroid dienone is 2. The molecule has 1 aliphatic carbocycles. The van der Waals surface area contributed by atoms with Crippen molar-refractivity contribution in [1.82, 2.24) is 13.7 Å². The van der Waals surface area contributed by atoms with Crippen molar-refractivity contribution < 1.29 is 0 Å². The second-order valence-corrected chi connectivity index (χ2v) is 17.2. The number of rotatable bonds is 5. The van der Waals surface area contributed by atoms with Gasteiger partial charge in [0.25, 0.3) is 0 Å². The summed E-state index contributed by atoms with van der Waals surface area (Å²) in [6.07, 6.45) is 9.18. The summed E-state index contributed by atoms with van der Waals surface area (Å²) in [6.45, 7) is 0. The lowest BCUT2D eigenvalue weighted by Gasteiger charge is -2.29. The summed E-state index contributed by atoms with van der Waals surface area (Å²) in [5.41, 5.74) is 17.0. The monoisotopic (exact) mass is 816 g/mol. The lowest BCUT2D eigenvalue weighted by atomic mass is 9.91. The summed E-state index contributed by atoms with van der Waals surface area (Å²) in [6, 6.07) is 76.0. The molecule has 3 aromatic heterocycles. The van der Waals surface area contributed by atoms with E-state index in [-0.39, 0.29) is 12.0 Å². The molecule has 0 amide bonds. The van der Waals surface area contributed by atoms with Gasteiger partial charge in [0.1, 0.15) is 0 Å². The van der Waals surface area contributed by atoms with Crippen molar-refractivity contribution in [2.75, 3.05) is 4.90 Å². The van der Waals surface area contributed by atoms with Crippen LogP contribution in [-0.2, 0) is 0 Å². The minimum absolute atomic E-state index is 0.178. The molecule has 2 atom stereocenters. The minimum atomic E-state index is 0.178. The Kier molecular flexibility index (Phi) is 7.48. The highest BCUT2D eigenvalue weighted by atomic mass is 15.2. The van der Waals surface area contributed by atoms with E-state index in [1.165, 1.54) is 99.2 Å². The van der Waals surface area contributed by atoms with Crippen LogP contribution in [0.15, 0.2) is 231 Å². The molecule has 0 radical (unpaired) electrons. The molecule has 0 saturated heterocycles. The number of hydrogen-bond acceptors (Lipinski definition) is 1. The van der Waals surface area contributed by atoms with Crippen molar-refractivity contribution >= 4 is 76.8 Å². The maximum Gasteiger partial charge on any atom is 0.0782 e. The second kappa shape index (κ2) is 13.6. The summed E-state index contributed by atoms with van der Waals surface area (Å²) < 4.78 is 7.36. The fourth-order valence-corrected chi connectivity index (χ4v) is 11.3. The van der Waals surface area contributed by atoms with Crippen LogP contribution in [-0.4, -0.2) is 19.7 Å². The molecular formula is C60H40N4. The Morgan fingerprint density at radius 2 is 0.797 bits per heavy atom. The molecule has 12 aromatic rings. The highest BCUT2D eigenvalue weighted by Gasteiger charge is 2.40. The third kappa shape index (κ3) is 4.93. The Balaban J connectivity index is 0.898. The van der Waals surface area contributed by atoms with Crippen LogP contribution in [0.2, 0.25) is 0 Å². The molecule has 4 nitrogen and oxygen atoms in total. The van der Waals surface area contributed by atoms with Crippen LogP contribution < -0.4 is 4.90 Å². The molecule has 0 spiro atoms. The van der Waals surface area contributed by atoms with Gasteiger partial charge in [-0.15, -0.1) is 0 Å². The lowest BCUT2D eigenvalue weighted by Crippen LogP contribution is -2.28. The zero-order valence-corrected chi connectivity index (χ0v) is 34.9. The predicted octanol–water partition coefficient (Wildman–Crippen LogP) is 15.4. The van der Waals surface area contributed by atoms with Crippen molar-refractivity contribution in [2.24, 2.45) is 0 Å². The van der Waals surface area contributed by atoms with Gasteiger partial charge in [0, 0.05) is 61.0 Å². The van der Waals surface area contributed by atoms with E-state index in [0.717, 1.165) is 11.4 Å². The number of fused-ring (bicyclic) bond motifs is 14. The van der Waals surface area contributed by atoms with Crippen molar-refractivity contribution in [3.63, 3.8) is 0 Å². The maximum atomic E-state index is 2.59. The number of aromatic nitrogens is 3. The standard InChI is InChI=1S/C60H40N4/c1-3-15-41(16-4-1)61-55-26-14-10-22-51(55)57-56(61)38-37-48-45-19-7-11-23-52(45)62(58(48)57)43-31-27-39(28-32-43)40-29-33-44(34-30-40)64-54-25-13-9-21-47(54)50-36-35-49-46-20-8-12-24-53(46)63(59(49)60(50)64)42-17-5-2-6-18-42/h1-38,47,54H. The van der Waals surface area contributed by atoms with Crippen LogP contribution in [0.4, 0.5) is 11.4 Å². The summed E-state index contributed by atoms with van der Waals surface area (Å²) in [5, 5.41) is 7.58. The molecule has 0 saturated carbocycles. The largest absolute Gasteiger partial charge is 0.332 e. The van der Waals surface area contributed by atoms with Crippen molar-refractivity contribution in [1.29, 1.82) is 0 Å². The van der Waals surface area contributed by atoms with Crippen molar-refractivity contribution in [3.8, 4) is 28.2 Å². The molecule has 0 bridgehead atoms. The number of hydrogen-bond donors (Lipinski definition) is 0. The van der Waals surface area contributed by atoms with Gasteiger partial charge in [0.05, 0.1) is 44.8 Å². The highest BCUT2D eigenvalue weighted by molar-refractivity contribution is 6.26. The molecule has 4 heterocycles. The summed E-state index contributed by atoms with van der Waals surface area (Å²) in [5.74, 6) is 0.260. The Morgan fingerprint density at radius 3 is 1.45 bits per heavy atom. The van der Waals surface area contributed by atoms with E-state index in [4.69, 9.17) is 0 Å². The van der Waals surface area contributed by atoms with E-state index in [9.17, 15) is 0 Å². The topological polar surface area (TPSA) is 18.0 Å². The number of para-hydroxylation sites is 5. The van der Waals surface area contributed by atoms with Gasteiger partial charge in [0.2, 0.25) is 0 Å².